The first kappa shape index (κ1) is 9.88. The van der Waals surface area contributed by atoms with Gasteiger partial charge >= 0.3 is 0 Å². The van der Waals surface area contributed by atoms with E-state index in [0.717, 1.165) is 11.5 Å². The summed E-state index contributed by atoms with van der Waals surface area (Å²) in [6.07, 6.45) is 3.96. The van der Waals surface area contributed by atoms with Crippen molar-refractivity contribution in [3.05, 3.63) is 35.4 Å². The molecule has 84 valence electrons. The molecule has 0 aliphatic heterocycles. The van der Waals surface area contributed by atoms with Crippen LogP contribution in [0.3, 0.4) is 0 Å². The second-order valence-electron chi connectivity index (χ2n) is 5.49. The number of carbonyl (C=O) groups is 1. The van der Waals surface area contributed by atoms with Crippen LogP contribution in [0.5, 0.6) is 0 Å². The largest absolute Gasteiger partial charge is 0.366 e. The molecule has 1 aromatic rings. The molecule has 2 aliphatic carbocycles. The fourth-order valence-electron chi connectivity index (χ4n) is 3.07. The molecule has 1 unspecified atom stereocenters. The van der Waals surface area contributed by atoms with E-state index < -0.39 is 0 Å². The first-order chi connectivity index (χ1) is 7.63. The fourth-order valence-corrected chi connectivity index (χ4v) is 3.07. The lowest BCUT2D eigenvalue weighted by Crippen LogP contribution is -2.14. The molecule has 1 aromatic carbocycles. The summed E-state index contributed by atoms with van der Waals surface area (Å²) >= 11 is 0. The lowest BCUT2D eigenvalue weighted by atomic mass is 9.93. The lowest BCUT2D eigenvalue weighted by molar-refractivity contribution is 0.0999. The summed E-state index contributed by atoms with van der Waals surface area (Å²) in [5, 5.41) is 0. The highest BCUT2D eigenvalue weighted by atomic mass is 16.1. The Labute approximate surface area is 95.8 Å². The number of benzene rings is 1. The third kappa shape index (κ3) is 1.36. The van der Waals surface area contributed by atoms with Crippen molar-refractivity contribution in [1.82, 2.24) is 0 Å². The van der Waals surface area contributed by atoms with E-state index in [1.54, 1.807) is 0 Å². The van der Waals surface area contributed by atoms with Crippen LogP contribution in [0, 0.1) is 11.3 Å². The number of nitrogens with two attached hydrogens (primary N) is 1. The molecular weight excluding hydrogens is 198 g/mol. The van der Waals surface area contributed by atoms with E-state index in [0.29, 0.717) is 11.3 Å². The Balaban J connectivity index is 1.93. The number of hydrogen-bond donors (Lipinski definition) is 1. The van der Waals surface area contributed by atoms with E-state index in [1.807, 2.05) is 18.2 Å². The molecule has 0 bridgehead atoms. The topological polar surface area (TPSA) is 43.1 Å². The third-order valence-corrected chi connectivity index (χ3v) is 4.39. The minimum absolute atomic E-state index is 0.291. The highest BCUT2D eigenvalue weighted by Gasteiger charge is 2.59. The smallest absolute Gasteiger partial charge is 0.248 e. The molecular formula is C14H17NO. The maximum absolute atomic E-state index is 11.4. The molecule has 1 amide bonds. The third-order valence-electron chi connectivity index (χ3n) is 4.39. The number of amides is 1. The Kier molecular flexibility index (Phi) is 1.91. The maximum Gasteiger partial charge on any atom is 0.248 e. The van der Waals surface area contributed by atoms with Crippen molar-refractivity contribution in [2.24, 2.45) is 17.1 Å². The SMILES string of the molecule is CC1(C2CC2)C[C@H]1c1ccccc1C(N)=O. The Morgan fingerprint density at radius 3 is 2.69 bits per heavy atom. The van der Waals surface area contributed by atoms with Crippen molar-refractivity contribution in [2.45, 2.75) is 32.1 Å². The van der Waals surface area contributed by atoms with Gasteiger partial charge in [0.25, 0.3) is 0 Å². The first-order valence-electron chi connectivity index (χ1n) is 6.01. The molecule has 3 rings (SSSR count). The van der Waals surface area contributed by atoms with Crippen molar-refractivity contribution in [2.75, 3.05) is 0 Å². The van der Waals surface area contributed by atoms with Gasteiger partial charge in [-0.15, -0.1) is 0 Å². The number of hydrogen-bond acceptors (Lipinski definition) is 1. The zero-order valence-corrected chi connectivity index (χ0v) is 9.57. The van der Waals surface area contributed by atoms with Crippen LogP contribution < -0.4 is 5.73 Å². The van der Waals surface area contributed by atoms with Gasteiger partial charge in [-0.2, -0.15) is 0 Å². The quantitative estimate of drug-likeness (QED) is 0.827. The summed E-state index contributed by atoms with van der Waals surface area (Å²) in [6, 6.07) is 7.82. The number of carbonyl (C=O) groups excluding carboxylic acids is 1. The molecule has 0 heterocycles. The van der Waals surface area contributed by atoms with Crippen LogP contribution in [0.15, 0.2) is 24.3 Å². The summed E-state index contributed by atoms with van der Waals surface area (Å²) in [5.41, 5.74) is 7.76. The molecule has 2 heteroatoms. The Bertz CT molecular complexity index is 450. The van der Waals surface area contributed by atoms with Crippen LogP contribution in [0.25, 0.3) is 0 Å². The van der Waals surface area contributed by atoms with Gasteiger partial charge in [-0.1, -0.05) is 25.1 Å². The summed E-state index contributed by atoms with van der Waals surface area (Å²) in [6.45, 7) is 2.35. The minimum Gasteiger partial charge on any atom is -0.366 e. The number of rotatable bonds is 3. The molecule has 2 saturated carbocycles. The van der Waals surface area contributed by atoms with Crippen molar-refractivity contribution in [1.29, 1.82) is 0 Å². The highest BCUT2D eigenvalue weighted by molar-refractivity contribution is 5.94. The standard InChI is InChI=1S/C14H17NO/c1-14(9-6-7-9)8-12(14)10-4-2-3-5-11(10)13(15)16/h2-5,9,12H,6-8H2,1H3,(H2,15,16)/t12-,14?/m0/s1. The van der Waals surface area contributed by atoms with E-state index in [9.17, 15) is 4.79 Å². The zero-order chi connectivity index (χ0) is 11.3. The van der Waals surface area contributed by atoms with Gasteiger partial charge in [0, 0.05) is 5.56 Å². The van der Waals surface area contributed by atoms with Crippen molar-refractivity contribution >= 4 is 5.91 Å². The van der Waals surface area contributed by atoms with E-state index >= 15 is 0 Å². The predicted octanol–water partition coefficient (Wildman–Crippen LogP) is 2.69. The molecule has 0 saturated heterocycles. The summed E-state index contributed by atoms with van der Waals surface area (Å²) < 4.78 is 0. The first-order valence-corrected chi connectivity index (χ1v) is 6.01. The lowest BCUT2D eigenvalue weighted by Gasteiger charge is -2.11. The van der Waals surface area contributed by atoms with E-state index in [4.69, 9.17) is 5.73 Å². The zero-order valence-electron chi connectivity index (χ0n) is 9.57. The van der Waals surface area contributed by atoms with Gasteiger partial charge in [0.05, 0.1) is 0 Å². The van der Waals surface area contributed by atoms with E-state index in [2.05, 4.69) is 13.0 Å². The van der Waals surface area contributed by atoms with Gasteiger partial charge in [-0.05, 0) is 48.1 Å². The highest BCUT2D eigenvalue weighted by Crippen LogP contribution is 2.69. The molecule has 2 fully saturated rings. The molecule has 0 spiro atoms. The molecule has 2 N–H and O–H groups in total. The van der Waals surface area contributed by atoms with Crippen LogP contribution >= 0.6 is 0 Å². The van der Waals surface area contributed by atoms with Crippen LogP contribution in [-0.2, 0) is 0 Å². The molecule has 0 radical (unpaired) electrons. The fraction of sp³-hybridized carbons (Fsp3) is 0.500. The maximum atomic E-state index is 11.4. The van der Waals surface area contributed by atoms with Gasteiger partial charge in [-0.3, -0.25) is 4.79 Å². The van der Waals surface area contributed by atoms with Crippen molar-refractivity contribution in [3.8, 4) is 0 Å². The van der Waals surface area contributed by atoms with Gasteiger partial charge in [-0.25, -0.2) is 0 Å². The summed E-state index contributed by atoms with van der Waals surface area (Å²) in [7, 11) is 0. The minimum atomic E-state index is -0.291. The van der Waals surface area contributed by atoms with Gasteiger partial charge in [0.15, 0.2) is 0 Å². The summed E-state index contributed by atoms with van der Waals surface area (Å²) in [5.74, 6) is 1.16. The Hall–Kier alpha value is -1.31. The van der Waals surface area contributed by atoms with E-state index in [1.165, 1.54) is 24.8 Å². The molecule has 2 atom stereocenters. The van der Waals surface area contributed by atoms with Crippen molar-refractivity contribution in [3.63, 3.8) is 0 Å². The monoisotopic (exact) mass is 215 g/mol. The normalized spacial score (nSPS) is 32.4. The molecule has 0 aromatic heterocycles. The van der Waals surface area contributed by atoms with E-state index in [-0.39, 0.29) is 5.91 Å². The average molecular weight is 215 g/mol. The Morgan fingerprint density at radius 1 is 1.38 bits per heavy atom. The van der Waals surface area contributed by atoms with Crippen LogP contribution in [0.2, 0.25) is 0 Å². The number of primary amides is 1. The molecule has 2 aliphatic rings. The summed E-state index contributed by atoms with van der Waals surface area (Å²) in [4.78, 5) is 11.4. The van der Waals surface area contributed by atoms with Gasteiger partial charge in [0.2, 0.25) is 5.91 Å². The van der Waals surface area contributed by atoms with Crippen LogP contribution in [-0.4, -0.2) is 5.91 Å². The van der Waals surface area contributed by atoms with Gasteiger partial charge < -0.3 is 5.73 Å². The molecule has 16 heavy (non-hydrogen) atoms. The molecule has 2 nitrogen and oxygen atoms in total. The van der Waals surface area contributed by atoms with Crippen LogP contribution in [0.4, 0.5) is 0 Å². The Morgan fingerprint density at radius 2 is 2.06 bits per heavy atom. The second-order valence-corrected chi connectivity index (χ2v) is 5.49. The van der Waals surface area contributed by atoms with Crippen molar-refractivity contribution < 1.29 is 4.79 Å². The predicted molar refractivity (Wildman–Crippen MR) is 63.1 cm³/mol. The van der Waals surface area contributed by atoms with Gasteiger partial charge in [0.1, 0.15) is 0 Å². The average Bonchev–Trinajstić information content (AvgIpc) is 3.11. The van der Waals surface area contributed by atoms with Crippen LogP contribution in [0.1, 0.15) is 48.0 Å². The second kappa shape index (κ2) is 3.09.